The summed E-state index contributed by atoms with van der Waals surface area (Å²) in [4.78, 5) is 15.5. The number of hydrogen-bond acceptors (Lipinski definition) is 6. The summed E-state index contributed by atoms with van der Waals surface area (Å²) in [5.74, 6) is 0.0608. The molecule has 2 bridgehead atoms. The first-order valence-electron chi connectivity index (χ1n) is 23.3. The van der Waals surface area contributed by atoms with Crippen LogP contribution in [0.5, 0.6) is 0 Å². The van der Waals surface area contributed by atoms with Gasteiger partial charge in [-0.1, -0.05) is 115 Å². The summed E-state index contributed by atoms with van der Waals surface area (Å²) in [7, 11) is -8.35. The van der Waals surface area contributed by atoms with Crippen LogP contribution in [0.3, 0.4) is 0 Å². The minimum Gasteiger partial charge on any atom is -0.512 e. The number of hydrogen-bond donors (Lipinski definition) is 1. The Morgan fingerprint density at radius 1 is 0.707 bits per heavy atom. The molecule has 0 unspecified atom stereocenters. The number of unbranched alkanes of at least 4 members (excludes halogenated alkanes) is 3. The maximum absolute atomic E-state index is 15.5. The molecule has 6 nitrogen and oxygen atoms in total. The van der Waals surface area contributed by atoms with Gasteiger partial charge in [0, 0.05) is 49.1 Å². The van der Waals surface area contributed by atoms with Crippen molar-refractivity contribution in [1.82, 2.24) is 0 Å². The predicted octanol–water partition coefficient (Wildman–Crippen LogP) is 14.8. The van der Waals surface area contributed by atoms with Crippen molar-refractivity contribution >= 4 is 39.1 Å². The fourth-order valence-corrected chi connectivity index (χ4v) is 14.5. The van der Waals surface area contributed by atoms with Crippen LogP contribution in [0.15, 0.2) is 35.6 Å². The Labute approximate surface area is 363 Å². The van der Waals surface area contributed by atoms with Crippen LogP contribution in [-0.2, 0) is 22.5 Å². The molecule has 0 spiro atoms. The lowest BCUT2D eigenvalue weighted by Crippen LogP contribution is -2.48. The van der Waals surface area contributed by atoms with Gasteiger partial charge >= 0.3 is 0 Å². The van der Waals surface area contributed by atoms with Crippen molar-refractivity contribution in [3.8, 4) is 0 Å². The van der Waals surface area contributed by atoms with Crippen LogP contribution in [0, 0.1) is 29.1 Å². The van der Waals surface area contributed by atoms with Crippen LogP contribution in [0.1, 0.15) is 135 Å². The molecule has 1 N–H and O–H groups in total. The van der Waals surface area contributed by atoms with Crippen LogP contribution in [0.4, 0.5) is 0 Å². The Bertz CT molecular complexity index is 1400. The van der Waals surface area contributed by atoms with E-state index >= 15 is 4.79 Å². The lowest BCUT2D eigenvalue weighted by atomic mass is 9.70. The molecule has 0 aromatic carbocycles. The molecule has 0 saturated heterocycles. The van der Waals surface area contributed by atoms with Crippen molar-refractivity contribution in [3.63, 3.8) is 0 Å². The van der Waals surface area contributed by atoms with Gasteiger partial charge < -0.3 is 22.8 Å². The quantitative estimate of drug-likeness (QED) is 0.0342. The van der Waals surface area contributed by atoms with E-state index in [0.29, 0.717) is 38.4 Å². The van der Waals surface area contributed by atoms with Crippen molar-refractivity contribution in [1.29, 1.82) is 0 Å². The molecule has 10 heteroatoms. The maximum atomic E-state index is 15.5. The molecule has 2 aliphatic carbocycles. The van der Waals surface area contributed by atoms with Crippen molar-refractivity contribution in [2.24, 2.45) is 29.1 Å². The molecule has 0 aliphatic heterocycles. The van der Waals surface area contributed by atoms with Crippen molar-refractivity contribution in [2.75, 3.05) is 26.4 Å². The zero-order valence-electron chi connectivity index (χ0n) is 41.6. The molecule has 5 atom stereocenters. The van der Waals surface area contributed by atoms with Gasteiger partial charge in [0.05, 0.1) is 6.61 Å². The van der Waals surface area contributed by atoms with Gasteiger partial charge in [-0.2, -0.15) is 0 Å². The van der Waals surface area contributed by atoms with Crippen LogP contribution in [0.25, 0.3) is 0 Å². The number of allylic oxidation sites excluding steroid dienone is 3. The summed E-state index contributed by atoms with van der Waals surface area (Å²) >= 11 is 0. The topological polar surface area (TPSA) is 74.2 Å². The SMILES string of the molecule is C=C(CO[Si](C)(C)C(C)(C)C)[C@]1(CO[Si](C)(C)C(C)(C)C)[C@@H]2C(=O)/C(=C(\O)CCO[Si](C)(C)C(C)(C)C)[C@H]1[C@H](CCCCC/C=C/C)[C@H]2CCO[Si](CC)(CC)CC. The molecule has 58 heavy (non-hydrogen) atoms. The second-order valence-electron chi connectivity index (χ2n) is 22.7. The highest BCUT2D eigenvalue weighted by molar-refractivity contribution is 6.75. The number of aliphatic hydroxyl groups is 1. The zero-order valence-corrected chi connectivity index (χ0v) is 45.6. The van der Waals surface area contributed by atoms with E-state index in [9.17, 15) is 5.11 Å². The molecular weight excluding hydrogens is 785 g/mol. The van der Waals surface area contributed by atoms with E-state index in [4.69, 9.17) is 24.3 Å². The number of ketones is 1. The fourth-order valence-electron chi connectivity index (χ4n) is 8.82. The van der Waals surface area contributed by atoms with E-state index in [1.54, 1.807) is 0 Å². The van der Waals surface area contributed by atoms with Crippen molar-refractivity contribution in [3.05, 3.63) is 35.6 Å². The second kappa shape index (κ2) is 20.7. The number of carbonyl (C=O) groups excluding carboxylic acids is 1. The summed E-state index contributed by atoms with van der Waals surface area (Å²) in [5.41, 5.74) is 0.917. The third-order valence-electron chi connectivity index (χ3n) is 16.3. The Balaban J connectivity index is 2.89. The molecule has 2 fully saturated rings. The standard InChI is InChI=1S/C48H94O6Si4/c1-21-25-26-27-28-29-30-38-39(31-33-52-58(22-2,23-3)24-4)43-44(50)41(40(49)32-34-51-55(15,16)45(6,7)8)42(38)48(43,36-54-57(19,20)47(12,13)14)37(5)35-53-56(17,18)46(9,10)11/h21,25,38-39,42-43,49H,5,22-24,26-36H2,1-4,6-20H3/b25-21+,41-40-/t38-,39-,42-,43+,48+/m1/s1. The van der Waals surface area contributed by atoms with Gasteiger partial charge in [-0.3, -0.25) is 4.79 Å². The van der Waals surface area contributed by atoms with E-state index in [1.807, 2.05) is 0 Å². The molecule has 0 aromatic heterocycles. The smallest absolute Gasteiger partial charge is 0.192 e. The molecular formula is C48H94O6Si4. The third kappa shape index (κ3) is 12.1. The Morgan fingerprint density at radius 2 is 1.21 bits per heavy atom. The first-order chi connectivity index (χ1) is 26.5. The van der Waals surface area contributed by atoms with E-state index in [-0.39, 0.29) is 50.3 Å². The molecule has 0 heterocycles. The van der Waals surface area contributed by atoms with Gasteiger partial charge in [0.1, 0.15) is 5.76 Å². The third-order valence-corrected chi connectivity index (χ3v) is 34.5. The lowest BCUT2D eigenvalue weighted by Gasteiger charge is -2.44. The van der Waals surface area contributed by atoms with E-state index in [1.165, 1.54) is 0 Å². The van der Waals surface area contributed by atoms with Gasteiger partial charge in [-0.25, -0.2) is 0 Å². The molecule has 0 amide bonds. The van der Waals surface area contributed by atoms with Gasteiger partial charge in [-0.15, -0.1) is 0 Å². The van der Waals surface area contributed by atoms with E-state index < -0.39 is 38.7 Å². The number of rotatable bonds is 24. The van der Waals surface area contributed by atoms with E-state index in [2.05, 4.69) is 141 Å². The largest absolute Gasteiger partial charge is 0.512 e. The molecule has 338 valence electrons. The lowest BCUT2D eigenvalue weighted by molar-refractivity contribution is -0.122. The average Bonchev–Trinajstić information content (AvgIpc) is 3.52. The highest BCUT2D eigenvalue weighted by Gasteiger charge is 2.71. The van der Waals surface area contributed by atoms with Crippen molar-refractivity contribution < 1.29 is 27.6 Å². The molecule has 2 aliphatic rings. The summed E-state index contributed by atoms with van der Waals surface area (Å²) in [6, 6.07) is 3.32. The van der Waals surface area contributed by atoms with E-state index in [0.717, 1.165) is 62.2 Å². The molecule has 2 saturated carbocycles. The molecule has 0 aromatic rings. The normalized spacial score (nSPS) is 24.7. The molecule has 0 radical (unpaired) electrons. The van der Waals surface area contributed by atoms with Crippen molar-refractivity contribution in [2.45, 2.75) is 207 Å². The minimum absolute atomic E-state index is 0.00921. The monoisotopic (exact) mass is 879 g/mol. The van der Waals surface area contributed by atoms with Crippen LogP contribution in [0.2, 0.25) is 72.5 Å². The number of aliphatic hydroxyl groups excluding tert-OH is 1. The van der Waals surface area contributed by atoms with Gasteiger partial charge in [0.2, 0.25) is 0 Å². The highest BCUT2D eigenvalue weighted by Crippen LogP contribution is 2.69. The van der Waals surface area contributed by atoms with Gasteiger partial charge in [-0.05, 0) is 123 Å². The number of carbonyl (C=O) groups is 1. The summed E-state index contributed by atoms with van der Waals surface area (Å²) in [6.45, 7) is 50.0. The highest BCUT2D eigenvalue weighted by atomic mass is 28.4. The first-order valence-corrected chi connectivity index (χ1v) is 34.5. The fraction of sp³-hybridized carbons (Fsp3) is 0.854. The Hall–Kier alpha value is -0.602. The predicted molar refractivity (Wildman–Crippen MR) is 260 cm³/mol. The Kier molecular flexibility index (Phi) is 19.1. The van der Waals surface area contributed by atoms with Crippen LogP contribution < -0.4 is 0 Å². The van der Waals surface area contributed by atoms with Gasteiger partial charge in [0.25, 0.3) is 0 Å². The molecule has 2 rings (SSSR count). The van der Waals surface area contributed by atoms with Crippen LogP contribution >= 0.6 is 0 Å². The summed E-state index contributed by atoms with van der Waals surface area (Å²) < 4.78 is 27.9. The van der Waals surface area contributed by atoms with Gasteiger partial charge in [0.15, 0.2) is 39.1 Å². The number of fused-ring (bicyclic) bond motifs is 2. The summed E-state index contributed by atoms with van der Waals surface area (Å²) in [6.07, 6.45) is 11.1. The summed E-state index contributed by atoms with van der Waals surface area (Å²) in [5, 5.41) is 12.4. The average molecular weight is 880 g/mol. The van der Waals surface area contributed by atoms with Crippen LogP contribution in [-0.4, -0.2) is 70.6 Å². The maximum Gasteiger partial charge on any atom is 0.192 e. The Morgan fingerprint density at radius 3 is 1.71 bits per heavy atom. The number of Topliss-reactive ketones (excluding diaryl/α,β-unsaturated/α-hetero) is 1. The zero-order chi connectivity index (χ0) is 44.8. The second-order valence-corrected chi connectivity index (χ2v) is 41.9. The minimum atomic E-state index is -2.27. The first kappa shape index (κ1) is 53.5.